The molecule has 0 aromatic rings. The van der Waals surface area contributed by atoms with E-state index in [9.17, 15) is 8.42 Å². The van der Waals surface area contributed by atoms with Crippen molar-refractivity contribution in [2.45, 2.75) is 57.9 Å². The van der Waals surface area contributed by atoms with Gasteiger partial charge in [0.25, 0.3) is 10.2 Å². The van der Waals surface area contributed by atoms with Crippen LogP contribution in [0.1, 0.15) is 52.4 Å². The highest BCUT2D eigenvalue weighted by atomic mass is 32.2. The molecule has 19 heavy (non-hydrogen) atoms. The van der Waals surface area contributed by atoms with E-state index in [1.165, 1.54) is 4.31 Å². The highest BCUT2D eigenvalue weighted by molar-refractivity contribution is 7.87. The standard InChI is InChI=1S/C12H26N4O2S/c1-3-12(4-2,11(13)14)15-19(17,18)16-9-7-5-6-8-10-16/h15H,3-10H2,1-2H3,(H3,13,14). The van der Waals surface area contributed by atoms with Crippen molar-refractivity contribution in [1.29, 1.82) is 5.41 Å². The minimum atomic E-state index is -3.57. The van der Waals surface area contributed by atoms with Crippen LogP contribution in [0.15, 0.2) is 0 Å². The van der Waals surface area contributed by atoms with Crippen molar-refractivity contribution in [2.24, 2.45) is 5.73 Å². The summed E-state index contributed by atoms with van der Waals surface area (Å²) in [6, 6.07) is 0. The van der Waals surface area contributed by atoms with Crippen molar-refractivity contribution in [2.75, 3.05) is 13.1 Å². The number of nitrogens with one attached hydrogen (secondary N) is 2. The van der Waals surface area contributed by atoms with Crippen LogP contribution in [0, 0.1) is 5.41 Å². The number of hydrogen-bond donors (Lipinski definition) is 3. The summed E-state index contributed by atoms with van der Waals surface area (Å²) in [5, 5.41) is 7.67. The Kier molecular flexibility index (Phi) is 5.76. The Hall–Kier alpha value is -0.660. The Morgan fingerprint density at radius 2 is 1.68 bits per heavy atom. The van der Waals surface area contributed by atoms with Gasteiger partial charge >= 0.3 is 0 Å². The van der Waals surface area contributed by atoms with Crippen LogP contribution in [-0.2, 0) is 10.2 Å². The zero-order valence-corrected chi connectivity index (χ0v) is 12.7. The predicted molar refractivity (Wildman–Crippen MR) is 77.3 cm³/mol. The fourth-order valence-corrected chi connectivity index (χ4v) is 4.18. The largest absolute Gasteiger partial charge is 0.386 e. The van der Waals surface area contributed by atoms with E-state index in [1.807, 2.05) is 13.8 Å². The van der Waals surface area contributed by atoms with Gasteiger partial charge in [0.15, 0.2) is 0 Å². The third-order valence-corrected chi connectivity index (χ3v) is 5.65. The molecule has 0 saturated carbocycles. The maximum Gasteiger partial charge on any atom is 0.280 e. The van der Waals surface area contributed by atoms with Crippen LogP contribution in [0.5, 0.6) is 0 Å². The molecule has 0 amide bonds. The number of amidine groups is 1. The SMILES string of the molecule is CCC(CC)(NS(=O)(=O)N1CCCCCC1)C(=N)N. The fraction of sp³-hybridized carbons (Fsp3) is 0.917. The highest BCUT2D eigenvalue weighted by Crippen LogP contribution is 2.19. The van der Waals surface area contributed by atoms with E-state index in [4.69, 9.17) is 11.1 Å². The predicted octanol–water partition coefficient (Wildman–Crippen LogP) is 1.19. The summed E-state index contributed by atoms with van der Waals surface area (Å²) in [7, 11) is -3.57. The van der Waals surface area contributed by atoms with Crippen molar-refractivity contribution < 1.29 is 8.42 Å². The molecule has 0 spiro atoms. The normalized spacial score (nSPS) is 19.1. The summed E-state index contributed by atoms with van der Waals surface area (Å²) in [5.74, 6) is -0.115. The topological polar surface area (TPSA) is 99.3 Å². The van der Waals surface area contributed by atoms with Gasteiger partial charge in [0, 0.05) is 13.1 Å². The first-order valence-corrected chi connectivity index (χ1v) is 8.45. The first-order valence-electron chi connectivity index (χ1n) is 7.01. The average Bonchev–Trinajstić information content (AvgIpc) is 2.65. The molecular formula is C12H26N4O2S. The summed E-state index contributed by atoms with van der Waals surface area (Å²) >= 11 is 0. The summed E-state index contributed by atoms with van der Waals surface area (Å²) in [6.07, 6.45) is 4.90. The van der Waals surface area contributed by atoms with Crippen molar-refractivity contribution >= 4 is 16.0 Å². The van der Waals surface area contributed by atoms with Gasteiger partial charge in [-0.25, -0.2) is 0 Å². The van der Waals surface area contributed by atoms with E-state index in [0.29, 0.717) is 25.9 Å². The first kappa shape index (κ1) is 16.4. The molecule has 6 nitrogen and oxygen atoms in total. The third kappa shape index (κ3) is 3.90. The maximum absolute atomic E-state index is 12.4. The second kappa shape index (κ2) is 6.67. The van der Waals surface area contributed by atoms with Crippen LogP contribution >= 0.6 is 0 Å². The molecular weight excluding hydrogens is 264 g/mol. The highest BCUT2D eigenvalue weighted by Gasteiger charge is 2.37. The zero-order chi connectivity index (χ0) is 14.5. The molecule has 1 aliphatic rings. The Bertz CT molecular complexity index is 396. The van der Waals surface area contributed by atoms with E-state index < -0.39 is 15.7 Å². The molecule has 0 bridgehead atoms. The Morgan fingerprint density at radius 1 is 1.21 bits per heavy atom. The molecule has 1 rings (SSSR count). The second-order valence-electron chi connectivity index (χ2n) is 5.12. The smallest absolute Gasteiger partial charge is 0.280 e. The molecule has 7 heteroatoms. The van der Waals surface area contributed by atoms with E-state index in [2.05, 4.69) is 4.72 Å². The lowest BCUT2D eigenvalue weighted by Gasteiger charge is -2.33. The lowest BCUT2D eigenvalue weighted by Crippen LogP contribution is -2.59. The maximum atomic E-state index is 12.4. The van der Waals surface area contributed by atoms with Gasteiger partial charge in [-0.15, -0.1) is 0 Å². The summed E-state index contributed by atoms with van der Waals surface area (Å²) in [4.78, 5) is 0. The Morgan fingerprint density at radius 3 is 2.05 bits per heavy atom. The van der Waals surface area contributed by atoms with Crippen molar-refractivity contribution in [3.63, 3.8) is 0 Å². The van der Waals surface area contributed by atoms with Gasteiger partial charge in [-0.2, -0.15) is 17.4 Å². The fourth-order valence-electron chi connectivity index (χ4n) is 2.42. The summed E-state index contributed by atoms with van der Waals surface area (Å²) < 4.78 is 29.0. The molecule has 0 radical (unpaired) electrons. The molecule has 1 heterocycles. The van der Waals surface area contributed by atoms with Crippen LogP contribution < -0.4 is 10.5 Å². The van der Waals surface area contributed by atoms with Crippen molar-refractivity contribution in [1.82, 2.24) is 9.03 Å². The van der Waals surface area contributed by atoms with Crippen LogP contribution in [0.4, 0.5) is 0 Å². The number of hydrogen-bond acceptors (Lipinski definition) is 3. The lowest BCUT2D eigenvalue weighted by atomic mass is 9.93. The first-order chi connectivity index (χ1) is 8.88. The van der Waals surface area contributed by atoms with Gasteiger partial charge in [-0.05, 0) is 25.7 Å². The second-order valence-corrected chi connectivity index (χ2v) is 6.79. The van der Waals surface area contributed by atoms with Crippen molar-refractivity contribution in [3.05, 3.63) is 0 Å². The molecule has 0 aromatic heterocycles. The average molecular weight is 290 g/mol. The number of nitrogens with zero attached hydrogens (tertiary/aromatic N) is 1. The molecule has 0 aliphatic carbocycles. The van der Waals surface area contributed by atoms with Crippen molar-refractivity contribution in [3.8, 4) is 0 Å². The van der Waals surface area contributed by atoms with E-state index in [0.717, 1.165) is 25.7 Å². The minimum absolute atomic E-state index is 0.115. The van der Waals surface area contributed by atoms with Gasteiger partial charge in [0.1, 0.15) is 5.84 Å². The lowest BCUT2D eigenvalue weighted by molar-refractivity contribution is 0.386. The number of rotatable bonds is 6. The third-order valence-electron chi connectivity index (χ3n) is 3.95. The molecule has 1 fully saturated rings. The monoisotopic (exact) mass is 290 g/mol. The van der Waals surface area contributed by atoms with Gasteiger partial charge in [0.05, 0.1) is 5.54 Å². The van der Waals surface area contributed by atoms with Gasteiger partial charge in [-0.1, -0.05) is 26.7 Å². The van der Waals surface area contributed by atoms with Gasteiger partial charge in [-0.3, -0.25) is 5.41 Å². The van der Waals surface area contributed by atoms with E-state index in [-0.39, 0.29) is 5.84 Å². The molecule has 112 valence electrons. The quantitative estimate of drug-likeness (QED) is 0.506. The molecule has 0 unspecified atom stereocenters. The molecule has 0 aromatic carbocycles. The minimum Gasteiger partial charge on any atom is -0.386 e. The Labute approximate surface area is 116 Å². The van der Waals surface area contributed by atoms with E-state index >= 15 is 0 Å². The molecule has 4 N–H and O–H groups in total. The number of nitrogens with two attached hydrogens (primary N) is 1. The zero-order valence-electron chi connectivity index (χ0n) is 11.9. The van der Waals surface area contributed by atoms with Crippen LogP contribution in [0.2, 0.25) is 0 Å². The van der Waals surface area contributed by atoms with Gasteiger partial charge in [0.2, 0.25) is 0 Å². The molecule has 0 atom stereocenters. The summed E-state index contributed by atoms with van der Waals surface area (Å²) in [5.41, 5.74) is 4.64. The Balaban J connectivity index is 2.90. The van der Waals surface area contributed by atoms with Gasteiger partial charge < -0.3 is 5.73 Å². The van der Waals surface area contributed by atoms with Crippen LogP contribution in [0.3, 0.4) is 0 Å². The van der Waals surface area contributed by atoms with E-state index in [1.54, 1.807) is 0 Å². The molecule has 1 saturated heterocycles. The van der Waals surface area contributed by atoms with Crippen LogP contribution in [-0.4, -0.2) is 37.2 Å². The van der Waals surface area contributed by atoms with Crippen LogP contribution in [0.25, 0.3) is 0 Å². The molecule has 1 aliphatic heterocycles. The summed E-state index contributed by atoms with van der Waals surface area (Å²) in [6.45, 7) is 4.79.